The van der Waals surface area contributed by atoms with Gasteiger partial charge in [0, 0.05) is 170 Å². The van der Waals surface area contributed by atoms with Gasteiger partial charge in [-0.05, 0) is 224 Å². The Morgan fingerprint density at radius 2 is 0.930 bits per heavy atom. The van der Waals surface area contributed by atoms with Crippen LogP contribution in [0.15, 0.2) is 167 Å². The molecule has 10 heterocycles. The van der Waals surface area contributed by atoms with Gasteiger partial charge in [0.05, 0.1) is 50.0 Å². The van der Waals surface area contributed by atoms with Crippen LogP contribution in [-0.2, 0) is 28.5 Å². The normalized spacial score (nSPS) is 16.6. The first-order chi connectivity index (χ1) is 61.1. The molecule has 0 atom stereocenters. The molecule has 128 heavy (non-hydrogen) atoms. The van der Waals surface area contributed by atoms with Gasteiger partial charge in [-0.15, -0.1) is 0 Å². The number of alkyl halides is 1. The molecule has 0 spiro atoms. The Bertz CT molecular complexity index is 5630. The number of hydrazine groups is 1. The number of nitrogens with one attached hydrogen (secondary N) is 5. The first-order valence-corrected chi connectivity index (χ1v) is 45.5. The smallest absolute Gasteiger partial charge is 1.00 e. The summed E-state index contributed by atoms with van der Waals surface area (Å²) in [4.78, 5) is 151. The van der Waals surface area contributed by atoms with Crippen molar-refractivity contribution in [2.75, 3.05) is 88.0 Å². The van der Waals surface area contributed by atoms with Gasteiger partial charge in [-0.3, -0.25) is 69.4 Å². The SMILES string of the molecule is Cc1ccc(C(=O)NC2CC2)cc1-c1ccc2nc(NCCN3CCCC3=O)ncc2c1.Cc1ccc(C(=O)NC2CC2)cc1B1OC(C)(C)C(C)(C)O1.Clc1ncc2cc(Br)ccc2n1.NN.O=C1CCCN1.O=C1CCCN1CCN1C(=O)c2ccccc2C1=O.O=C1CCCN1CCNc1ncc2cc(Br)ccc2n1.O=C1c2ccccc2C(=O)N1CCBr.[H-].[Na+]. The van der Waals surface area contributed by atoms with Crippen LogP contribution in [0.3, 0.4) is 0 Å². The molecule has 36 heteroatoms. The number of carbonyl (C=O) groups excluding carboxylic acids is 10. The van der Waals surface area contributed by atoms with Crippen LogP contribution in [0.4, 0.5) is 11.9 Å². The van der Waals surface area contributed by atoms with Crippen molar-refractivity contribution in [1.29, 1.82) is 0 Å². The number of nitrogens with zero attached hydrogens (tertiary/aromatic N) is 11. The van der Waals surface area contributed by atoms with E-state index in [1.54, 1.807) is 65.8 Å². The Hall–Kier alpha value is -10.1. The summed E-state index contributed by atoms with van der Waals surface area (Å²) in [6.45, 7) is 19.3. The number of anilines is 2. The molecule has 0 radical (unpaired) electrons. The van der Waals surface area contributed by atoms with Crippen LogP contribution in [0.5, 0.6) is 0 Å². The molecule has 7 aliphatic heterocycles. The van der Waals surface area contributed by atoms with Crippen LogP contribution >= 0.6 is 59.4 Å². The summed E-state index contributed by atoms with van der Waals surface area (Å²) in [7, 11) is -0.432. The van der Waals surface area contributed by atoms with E-state index in [0.29, 0.717) is 121 Å². The van der Waals surface area contributed by atoms with Crippen molar-refractivity contribution in [2.45, 2.75) is 142 Å². The molecule has 2 saturated carbocycles. The van der Waals surface area contributed by atoms with Gasteiger partial charge in [-0.1, -0.05) is 95.8 Å². The Kier molecular flexibility index (Phi) is 35.3. The number of aryl methyl sites for hydroxylation is 2. The zero-order valence-corrected chi connectivity index (χ0v) is 80.2. The van der Waals surface area contributed by atoms with E-state index in [-0.39, 0.29) is 113 Å². The van der Waals surface area contributed by atoms with E-state index in [1.165, 1.54) is 9.80 Å². The molecule has 3 aromatic heterocycles. The van der Waals surface area contributed by atoms with Gasteiger partial charge < -0.3 is 52.0 Å². The Morgan fingerprint density at radius 3 is 1.35 bits per heavy atom. The minimum absolute atomic E-state index is 0. The number of amides is 10. The fourth-order valence-electron chi connectivity index (χ4n) is 14.6. The maximum absolute atomic E-state index is 12.5. The largest absolute Gasteiger partial charge is 1.00 e. The fourth-order valence-corrected chi connectivity index (χ4v) is 15.9. The Balaban J connectivity index is 0.000000161. The van der Waals surface area contributed by atoms with Crippen LogP contribution in [-0.4, -0.2) is 221 Å². The van der Waals surface area contributed by atoms with Crippen molar-refractivity contribution in [1.82, 2.24) is 70.4 Å². The summed E-state index contributed by atoms with van der Waals surface area (Å²) in [5.41, 5.74) is 10.3. The van der Waals surface area contributed by atoms with Gasteiger partial charge in [0.2, 0.25) is 40.8 Å². The van der Waals surface area contributed by atoms with Crippen molar-refractivity contribution in [3.05, 3.63) is 217 Å². The van der Waals surface area contributed by atoms with Crippen molar-refractivity contribution in [2.24, 2.45) is 11.7 Å². The minimum Gasteiger partial charge on any atom is -1.00 e. The molecule has 9 aliphatic rings. The number of halogens is 4. The third-order valence-corrected chi connectivity index (χ3v) is 24.2. The van der Waals surface area contributed by atoms with E-state index in [0.717, 1.165) is 153 Å². The van der Waals surface area contributed by atoms with E-state index < -0.39 is 7.12 Å². The molecular weight excluding hydrogens is 1860 g/mol. The standard InChI is InChI=1S/C25H27N5O2.C17H24BNO3.C14H15BrN4O.C14H14N2O3.C10H8BrNO2.C8H4BrClN2.C4H7NO.H4N2.Na.H/c1-16-4-5-18(24(32)28-20-7-8-20)14-21(16)17-6-9-22-19(13-17)15-27-25(29-22)26-10-12-30-11-2-3-23(30)31;1-11-6-7-12(15(20)19-13-8-9-13)10-14(11)18-21-16(2,3)17(4,5)22-18;15-11-3-4-12-10(8-11)9-17-14(18-12)16-5-7-19-6-1-2-13(19)20;17-12-6-3-7-15(12)8-9-16-13(18)10-4-1-2-5-11(10)14(16)19;11-5-6-12-9(13)7-3-1-2-4-8(7)10(12)14;9-6-1-2-7-5(3-6)4-11-8(10)12-7;6-4-2-1-3-5-4;1-2;;/h4-6,9,13-15,20H,2-3,7-8,10-12H2,1H3,(H,28,32)(H,26,27,29);6-7,10,13H,8-9H2,1-5H3,(H,19,20);3-4,8-9H,1-2,5-7H2,(H,16,17,18);1-2,4-5H,3,6-9H2;1-4H,5-6H2;1-4H;1-3H2,(H,5,6);1-2H2;;/q;;;;;;;;+1;-1. The zero-order valence-electron chi connectivity index (χ0n) is 73.7. The van der Waals surface area contributed by atoms with Crippen molar-refractivity contribution < 1.29 is 88.2 Å². The second-order valence-electron chi connectivity index (χ2n) is 32.5. The first kappa shape index (κ1) is 98.5. The summed E-state index contributed by atoms with van der Waals surface area (Å²) >= 11 is 15.6. The van der Waals surface area contributed by atoms with Crippen LogP contribution in [0, 0.1) is 13.8 Å². The van der Waals surface area contributed by atoms with Gasteiger partial charge in [0.15, 0.2) is 0 Å². The van der Waals surface area contributed by atoms with Crippen molar-refractivity contribution in [3.63, 3.8) is 0 Å². The van der Waals surface area contributed by atoms with Crippen molar-refractivity contribution >= 4 is 176 Å². The van der Waals surface area contributed by atoms with Gasteiger partial charge >= 0.3 is 36.7 Å². The predicted molar refractivity (Wildman–Crippen MR) is 501 cm³/mol. The van der Waals surface area contributed by atoms with Gasteiger partial charge in [-0.2, -0.15) is 0 Å². The molecule has 10 aromatic rings. The van der Waals surface area contributed by atoms with E-state index in [2.05, 4.69) is 129 Å². The molecule has 2 aliphatic carbocycles. The number of hydrogen-bond donors (Lipinski definition) is 7. The number of nitrogens with two attached hydrogens (primary N) is 2. The number of imide groups is 2. The number of aromatic nitrogens is 6. The van der Waals surface area contributed by atoms with Crippen LogP contribution in [0.2, 0.25) is 5.28 Å². The minimum atomic E-state index is -0.432. The average Bonchev–Trinajstić information content (AvgIpc) is 1.57. The number of fused-ring (bicyclic) bond motifs is 5. The molecule has 19 rings (SSSR count). The number of likely N-dealkylation sites (tertiary alicyclic amines) is 3. The molecular formula is C92H104BBr3ClN18NaO12. The summed E-state index contributed by atoms with van der Waals surface area (Å²) in [5, 5.41) is 19.0. The number of carbonyl (C=O) groups is 10. The third kappa shape index (κ3) is 26.1. The van der Waals surface area contributed by atoms with E-state index in [9.17, 15) is 47.9 Å². The molecule has 10 amide bonds. The summed E-state index contributed by atoms with van der Waals surface area (Å²) in [6, 6.07) is 43.7. The monoisotopic (exact) mass is 1960 g/mol. The van der Waals surface area contributed by atoms with E-state index in [1.807, 2.05) is 136 Å². The summed E-state index contributed by atoms with van der Waals surface area (Å²) in [6.07, 6.45) is 16.1. The second-order valence-corrected chi connectivity index (χ2v) is 35.4. The Labute approximate surface area is 797 Å². The molecule has 7 aromatic carbocycles. The summed E-state index contributed by atoms with van der Waals surface area (Å²) in [5.74, 6) is 9.03. The van der Waals surface area contributed by atoms with E-state index in [4.69, 9.17) is 20.9 Å². The maximum atomic E-state index is 12.5. The fraction of sp³-hybridized carbons (Fsp3) is 0.370. The van der Waals surface area contributed by atoms with Gasteiger partial charge in [0.25, 0.3) is 35.4 Å². The molecule has 0 bridgehead atoms. The number of hydrogen-bond acceptors (Lipinski definition) is 22. The predicted octanol–water partition coefficient (Wildman–Crippen LogP) is 9.60. The van der Waals surface area contributed by atoms with Crippen molar-refractivity contribution in [3.8, 4) is 11.1 Å². The number of rotatable bonds is 19. The Morgan fingerprint density at radius 1 is 0.508 bits per heavy atom. The molecule has 5 saturated heterocycles. The summed E-state index contributed by atoms with van der Waals surface area (Å²) < 4.78 is 14.2. The van der Waals surface area contributed by atoms with Gasteiger partial charge in [-0.25, -0.2) is 29.9 Å². The maximum Gasteiger partial charge on any atom is 1.00 e. The van der Waals surface area contributed by atoms with Crippen LogP contribution < -0.4 is 73.3 Å². The zero-order chi connectivity index (χ0) is 90.6. The van der Waals surface area contributed by atoms with Crippen LogP contribution in [0.1, 0.15) is 179 Å². The van der Waals surface area contributed by atoms with Gasteiger partial charge in [0.1, 0.15) is 0 Å². The average molecular weight is 1960 g/mol. The molecule has 0 unspecified atom stereocenters. The quantitative estimate of drug-likeness (QED) is 0.00988. The van der Waals surface area contributed by atoms with E-state index >= 15 is 0 Å². The molecule has 7 fully saturated rings. The number of benzene rings is 7. The van der Waals surface area contributed by atoms with Crippen LogP contribution in [0.25, 0.3) is 43.8 Å². The second kappa shape index (κ2) is 45.9. The first-order valence-electron chi connectivity index (χ1n) is 42.4. The molecule has 666 valence electrons. The molecule has 30 nitrogen and oxygen atoms in total. The topological polar surface area (TPSA) is 395 Å². The molecule has 9 N–H and O–H groups in total. The third-order valence-electron chi connectivity index (χ3n) is 22.7.